The molecule has 0 spiro atoms. The zero-order chi connectivity index (χ0) is 42.7. The van der Waals surface area contributed by atoms with Crippen LogP contribution in [0.1, 0.15) is 213 Å². The second-order valence-corrected chi connectivity index (χ2v) is 17.7. The molecule has 0 bridgehead atoms. The molecule has 1 fully saturated rings. The molecule has 6 N–H and O–H groups in total. The van der Waals surface area contributed by atoms with Crippen molar-refractivity contribution in [3.63, 3.8) is 0 Å². The maximum atomic E-state index is 13.0. The Bertz CT molecular complexity index is 1090. The summed E-state index contributed by atoms with van der Waals surface area (Å²) >= 11 is 0. The first-order valence-corrected chi connectivity index (χ1v) is 24.9. The number of rotatable bonds is 40. The number of aliphatic hydroxyl groups is 4. The average Bonchev–Trinajstić information content (AvgIpc) is 3.19. The monoisotopic (exact) mass is 850 g/mol. The summed E-state index contributed by atoms with van der Waals surface area (Å²) in [6, 6.07) is -0.855. The average molecular weight is 850 g/mol. The zero-order valence-corrected chi connectivity index (χ0v) is 37.4. The predicted molar refractivity (Wildman–Crippen MR) is 232 cm³/mol. The van der Waals surface area contributed by atoms with Crippen LogP contribution >= 0.6 is 0 Å². The number of hydrogen-bond donors (Lipinski definition) is 6. The lowest BCUT2D eigenvalue weighted by molar-refractivity contribution is -0.298. The van der Waals surface area contributed by atoms with Crippen LogP contribution in [0.4, 0.5) is 0 Å². The fourth-order valence-electron chi connectivity index (χ4n) is 7.63. The highest BCUT2D eigenvalue weighted by Gasteiger charge is 2.48. The molecule has 0 aliphatic carbocycles. The summed E-state index contributed by atoms with van der Waals surface area (Å²) in [7, 11) is -5.07. The molecule has 1 heterocycles. The lowest BCUT2D eigenvalue weighted by Gasteiger charge is -2.41. The van der Waals surface area contributed by atoms with E-state index in [0.29, 0.717) is 12.8 Å². The highest BCUT2D eigenvalue weighted by atomic mass is 32.3. The summed E-state index contributed by atoms with van der Waals surface area (Å²) in [5, 5.41) is 44.7. The second kappa shape index (κ2) is 36.5. The van der Waals surface area contributed by atoms with Crippen LogP contribution in [0.3, 0.4) is 0 Å². The first-order valence-electron chi connectivity index (χ1n) is 23.6. The molecule has 7 atom stereocenters. The number of ether oxygens (including phenoxy) is 2. The van der Waals surface area contributed by atoms with Crippen LogP contribution in [0, 0.1) is 0 Å². The Labute approximate surface area is 353 Å². The number of allylic oxidation sites excluding steroid dienone is 2. The van der Waals surface area contributed by atoms with Crippen LogP contribution in [0.25, 0.3) is 0 Å². The molecule has 1 aliphatic heterocycles. The van der Waals surface area contributed by atoms with E-state index in [-0.39, 0.29) is 18.9 Å². The van der Waals surface area contributed by atoms with E-state index in [1.165, 1.54) is 128 Å². The van der Waals surface area contributed by atoms with Crippen molar-refractivity contribution < 1.29 is 51.8 Å². The summed E-state index contributed by atoms with van der Waals surface area (Å²) in [5.74, 6) is -0.235. The summed E-state index contributed by atoms with van der Waals surface area (Å²) in [4.78, 5) is 13.0. The molecule has 0 aromatic heterocycles. The topological polar surface area (TPSA) is 192 Å². The fraction of sp³-hybridized carbons (Fsp3) is 0.933. The van der Waals surface area contributed by atoms with Gasteiger partial charge >= 0.3 is 10.4 Å². The smallest absolute Gasteiger partial charge is 0.394 e. The normalized spacial score (nSPS) is 21.1. The number of hydrogen-bond acceptors (Lipinski definition) is 10. The number of carbonyl (C=O) groups is 1. The molecule has 344 valence electrons. The largest absolute Gasteiger partial charge is 0.397 e. The SMILES string of the molecule is CCCCCCCCCCCC/C=C\CCCCCCCCCC(=O)NC(COC1OC(CO)C(O)C(OS(=O)(=O)O)C1O)C(O)CCCCCCCCCCCC. The molecule has 0 radical (unpaired) electrons. The van der Waals surface area contributed by atoms with Gasteiger partial charge < -0.3 is 35.2 Å². The van der Waals surface area contributed by atoms with Gasteiger partial charge in [0.1, 0.15) is 24.4 Å². The highest BCUT2D eigenvalue weighted by Crippen LogP contribution is 2.26. The Hall–Kier alpha value is -1.16. The first kappa shape index (κ1) is 54.9. The molecule has 0 saturated carbocycles. The van der Waals surface area contributed by atoms with E-state index >= 15 is 0 Å². The molecule has 0 aromatic carbocycles. The lowest BCUT2D eigenvalue weighted by atomic mass is 9.99. The van der Waals surface area contributed by atoms with Gasteiger partial charge in [-0.2, -0.15) is 8.42 Å². The van der Waals surface area contributed by atoms with Gasteiger partial charge in [0, 0.05) is 6.42 Å². The van der Waals surface area contributed by atoms with Crippen molar-refractivity contribution in [1.29, 1.82) is 0 Å². The molecular formula is C45H87NO11S. The van der Waals surface area contributed by atoms with Crippen LogP contribution in [0.15, 0.2) is 12.2 Å². The van der Waals surface area contributed by atoms with Gasteiger partial charge in [-0.25, -0.2) is 4.18 Å². The fourth-order valence-corrected chi connectivity index (χ4v) is 8.14. The van der Waals surface area contributed by atoms with Crippen LogP contribution in [-0.2, 0) is 28.9 Å². The molecule has 58 heavy (non-hydrogen) atoms. The Balaban J connectivity index is 2.41. The van der Waals surface area contributed by atoms with Crippen LogP contribution in [0.2, 0.25) is 0 Å². The molecule has 1 rings (SSSR count). The van der Waals surface area contributed by atoms with Gasteiger partial charge in [0.25, 0.3) is 0 Å². The number of nitrogens with one attached hydrogen (secondary N) is 1. The zero-order valence-electron chi connectivity index (χ0n) is 36.6. The third-order valence-electron chi connectivity index (χ3n) is 11.3. The van der Waals surface area contributed by atoms with E-state index in [4.69, 9.17) is 14.0 Å². The molecule has 12 nitrogen and oxygen atoms in total. The molecule has 13 heteroatoms. The molecule has 1 amide bonds. The van der Waals surface area contributed by atoms with Crippen molar-refractivity contribution in [3.05, 3.63) is 12.2 Å². The van der Waals surface area contributed by atoms with Gasteiger partial charge in [-0.15, -0.1) is 0 Å². The summed E-state index contributed by atoms with van der Waals surface area (Å²) in [6.07, 6.45) is 30.8. The number of aliphatic hydroxyl groups excluding tert-OH is 4. The molecular weight excluding hydrogens is 763 g/mol. The Kier molecular flexibility index (Phi) is 34.5. The Morgan fingerprint density at radius 3 is 1.55 bits per heavy atom. The maximum Gasteiger partial charge on any atom is 0.397 e. The van der Waals surface area contributed by atoms with E-state index in [1.807, 2.05) is 0 Å². The van der Waals surface area contributed by atoms with Gasteiger partial charge in [-0.05, 0) is 38.5 Å². The van der Waals surface area contributed by atoms with Crippen LogP contribution in [0.5, 0.6) is 0 Å². The number of amides is 1. The predicted octanol–water partition coefficient (Wildman–Crippen LogP) is 9.16. The number of carbonyl (C=O) groups excluding carboxylic acids is 1. The maximum absolute atomic E-state index is 13.0. The van der Waals surface area contributed by atoms with Crippen molar-refractivity contribution in [2.24, 2.45) is 0 Å². The van der Waals surface area contributed by atoms with E-state index in [9.17, 15) is 33.6 Å². The first-order chi connectivity index (χ1) is 28.0. The van der Waals surface area contributed by atoms with E-state index in [0.717, 1.165) is 51.4 Å². The number of unbranched alkanes of at least 4 members (excludes halogenated alkanes) is 26. The van der Waals surface area contributed by atoms with Crippen molar-refractivity contribution in [3.8, 4) is 0 Å². The van der Waals surface area contributed by atoms with Crippen molar-refractivity contribution in [2.75, 3.05) is 13.2 Å². The lowest BCUT2D eigenvalue weighted by Crippen LogP contribution is -2.61. The third-order valence-corrected chi connectivity index (χ3v) is 11.8. The van der Waals surface area contributed by atoms with E-state index < -0.39 is 59.9 Å². The standard InChI is InChI=1S/C45H87NO11S/c1-3-5-7-9-11-13-15-16-17-18-19-20-21-22-23-24-25-27-29-31-33-35-41(49)46-38(39(48)34-32-30-28-26-14-12-10-8-6-4-2)37-55-45-43(51)44(57-58(52,53)54)42(50)40(36-47)56-45/h20-21,38-40,42-45,47-48,50-51H,3-19,22-37H2,1-2H3,(H,46,49)(H,52,53,54)/b21-20-. The van der Waals surface area contributed by atoms with E-state index in [2.05, 4.69) is 35.5 Å². The van der Waals surface area contributed by atoms with Crippen molar-refractivity contribution in [1.82, 2.24) is 5.32 Å². The summed E-state index contributed by atoms with van der Waals surface area (Å²) < 4.78 is 47.6. The highest BCUT2D eigenvalue weighted by molar-refractivity contribution is 7.80. The van der Waals surface area contributed by atoms with E-state index in [1.54, 1.807) is 0 Å². The van der Waals surface area contributed by atoms with Crippen LogP contribution in [-0.4, -0.2) is 95.4 Å². The van der Waals surface area contributed by atoms with Gasteiger partial charge in [-0.1, -0.05) is 180 Å². The minimum absolute atomic E-state index is 0.235. The van der Waals surface area contributed by atoms with Crippen molar-refractivity contribution >= 4 is 16.3 Å². The van der Waals surface area contributed by atoms with Gasteiger partial charge in [0.05, 0.1) is 25.4 Å². The molecule has 0 aromatic rings. The summed E-state index contributed by atoms with van der Waals surface area (Å²) in [6.45, 7) is 3.43. The minimum Gasteiger partial charge on any atom is -0.394 e. The van der Waals surface area contributed by atoms with Gasteiger partial charge in [0.15, 0.2) is 6.29 Å². The third kappa shape index (κ3) is 29.2. The molecule has 7 unspecified atom stereocenters. The van der Waals surface area contributed by atoms with Crippen LogP contribution < -0.4 is 5.32 Å². The van der Waals surface area contributed by atoms with Gasteiger partial charge in [-0.3, -0.25) is 9.35 Å². The quantitative estimate of drug-likeness (QED) is 0.0196. The Morgan fingerprint density at radius 1 is 0.672 bits per heavy atom. The summed E-state index contributed by atoms with van der Waals surface area (Å²) in [5.41, 5.74) is 0. The minimum atomic E-state index is -5.07. The van der Waals surface area contributed by atoms with Crippen molar-refractivity contribution in [2.45, 2.75) is 256 Å². The molecule has 1 saturated heterocycles. The second-order valence-electron chi connectivity index (χ2n) is 16.7. The molecule has 1 aliphatic rings. The van der Waals surface area contributed by atoms with Gasteiger partial charge in [0.2, 0.25) is 5.91 Å². The Morgan fingerprint density at radius 2 is 1.10 bits per heavy atom.